The van der Waals surface area contributed by atoms with Crippen LogP contribution in [0.3, 0.4) is 0 Å². The number of rotatable bonds is 13. The number of hydrogen-bond acceptors (Lipinski definition) is 1. The molecule has 1 heterocycles. The quantitative estimate of drug-likeness (QED) is 0.271. The van der Waals surface area contributed by atoms with Crippen molar-refractivity contribution in [3.8, 4) is 0 Å². The van der Waals surface area contributed by atoms with Gasteiger partial charge in [-0.2, -0.15) is 0 Å². The first-order valence-electron chi connectivity index (χ1n) is 10.9. The maximum atomic E-state index is 11.8. The third-order valence-corrected chi connectivity index (χ3v) is 5.03. The van der Waals surface area contributed by atoms with E-state index in [1.165, 1.54) is 95.0 Å². The number of unbranched alkanes of at least 4 members (excludes halogenated alkanes) is 4. The fraction of sp³-hybridized carbons (Fsp3) is 0.810. The summed E-state index contributed by atoms with van der Waals surface area (Å²) in [5, 5.41) is 0. The summed E-state index contributed by atoms with van der Waals surface area (Å²) < 4.78 is 41.1. The van der Waals surface area contributed by atoms with Crippen molar-refractivity contribution in [1.29, 1.82) is 0 Å². The highest BCUT2D eigenvalue weighted by Crippen LogP contribution is 2.16. The number of halogens is 3. The Morgan fingerprint density at radius 2 is 1.11 bits per heavy atom. The molecule has 0 N–H and O–H groups in total. The van der Waals surface area contributed by atoms with E-state index in [1.807, 2.05) is 0 Å². The van der Waals surface area contributed by atoms with E-state index in [9.17, 15) is 12.9 Å². The number of nitrogens with zero attached hydrogens (tertiary/aromatic N) is 1. The van der Waals surface area contributed by atoms with Gasteiger partial charge >= 0.3 is 6.98 Å². The Kier molecular flexibility index (Phi) is 13.7. The lowest BCUT2D eigenvalue weighted by Crippen LogP contribution is -2.50. The Morgan fingerprint density at radius 3 is 1.30 bits per heavy atom. The van der Waals surface area contributed by atoms with Crippen LogP contribution in [-0.4, -0.2) is 37.6 Å². The summed E-state index contributed by atoms with van der Waals surface area (Å²) in [7, 11) is 0. The fourth-order valence-electron chi connectivity index (χ4n) is 3.27. The summed E-state index contributed by atoms with van der Waals surface area (Å²) in [6.07, 6.45) is 11.1. The average Bonchev–Trinajstić information content (AvgIpc) is 3.08. The van der Waals surface area contributed by atoms with Crippen molar-refractivity contribution in [3.05, 3.63) is 17.9 Å². The van der Waals surface area contributed by atoms with E-state index in [4.69, 9.17) is 0 Å². The van der Waals surface area contributed by atoms with Gasteiger partial charge in [-0.3, -0.25) is 0 Å². The molecule has 2 nitrogen and oxygen atoms in total. The van der Waals surface area contributed by atoms with Crippen LogP contribution in [0.1, 0.15) is 84.8 Å². The van der Waals surface area contributed by atoms with Crippen molar-refractivity contribution < 1.29 is 21.8 Å². The molecular weight excluding hydrogens is 350 g/mol. The summed E-state index contributed by atoms with van der Waals surface area (Å²) in [4.78, 5) is 0. The van der Waals surface area contributed by atoms with E-state index in [-0.39, 0.29) is 5.76 Å². The van der Waals surface area contributed by atoms with Gasteiger partial charge in [-0.1, -0.05) is 59.4 Å². The summed E-state index contributed by atoms with van der Waals surface area (Å²) in [5.74, 6) is 0.286. The Bertz CT molecular complexity index is 437. The second-order valence-corrected chi connectivity index (χ2v) is 7.67. The van der Waals surface area contributed by atoms with E-state index < -0.39 is 12.6 Å². The molecule has 0 unspecified atom stereocenters. The zero-order valence-electron chi connectivity index (χ0n) is 18.2. The maximum Gasteiger partial charge on any atom is 0.544 e. The summed E-state index contributed by atoms with van der Waals surface area (Å²) in [6.45, 7) is 11.5. The SMILES string of the molecule is CCCC[N+](CCCC)(CCCC)CCCC.Cc1ccc([B-](F)(F)F)o1. The van der Waals surface area contributed by atoms with E-state index in [0.717, 1.165) is 6.07 Å². The lowest BCUT2D eigenvalue weighted by Gasteiger charge is -2.39. The molecule has 160 valence electrons. The minimum Gasteiger partial charge on any atom is -0.498 e. The van der Waals surface area contributed by atoms with Crippen LogP contribution in [0, 0.1) is 6.92 Å². The predicted octanol–water partition coefficient (Wildman–Crippen LogP) is 6.65. The van der Waals surface area contributed by atoms with Gasteiger partial charge in [-0.05, 0) is 38.7 Å². The zero-order chi connectivity index (χ0) is 20.8. The first-order valence-corrected chi connectivity index (χ1v) is 10.9. The molecule has 1 rings (SSSR count). The molecule has 27 heavy (non-hydrogen) atoms. The lowest BCUT2D eigenvalue weighted by atomic mass is 9.88. The molecule has 0 aromatic carbocycles. The molecule has 0 atom stereocenters. The molecule has 0 bridgehead atoms. The highest BCUT2D eigenvalue weighted by atomic mass is 19.4. The van der Waals surface area contributed by atoms with Crippen molar-refractivity contribution >= 4 is 12.6 Å². The molecule has 0 aliphatic rings. The van der Waals surface area contributed by atoms with Gasteiger partial charge in [0.15, 0.2) is 0 Å². The van der Waals surface area contributed by atoms with Gasteiger partial charge in [0.05, 0.1) is 31.9 Å². The van der Waals surface area contributed by atoms with Gasteiger partial charge in [0.25, 0.3) is 0 Å². The number of aryl methyl sites for hydroxylation is 1. The Balaban J connectivity index is 0.000000569. The van der Waals surface area contributed by atoms with Crippen LogP contribution < -0.4 is 5.66 Å². The van der Waals surface area contributed by atoms with Gasteiger partial charge in [0, 0.05) is 5.66 Å². The largest absolute Gasteiger partial charge is 0.544 e. The smallest absolute Gasteiger partial charge is 0.498 e. The molecule has 6 heteroatoms. The molecular formula is C21H41BF3NO. The average molecular weight is 391 g/mol. The second-order valence-electron chi connectivity index (χ2n) is 7.67. The summed E-state index contributed by atoms with van der Waals surface area (Å²) >= 11 is 0. The highest BCUT2D eigenvalue weighted by molar-refractivity contribution is 6.72. The molecule has 1 aromatic heterocycles. The van der Waals surface area contributed by atoms with Gasteiger partial charge in [-0.15, -0.1) is 0 Å². The van der Waals surface area contributed by atoms with Crippen LogP contribution in [0.5, 0.6) is 0 Å². The minimum atomic E-state index is -4.95. The van der Waals surface area contributed by atoms with E-state index in [0.29, 0.717) is 0 Å². The molecule has 0 aliphatic heterocycles. The van der Waals surface area contributed by atoms with Gasteiger partial charge in [0.2, 0.25) is 0 Å². The minimum absolute atomic E-state index is 0.286. The van der Waals surface area contributed by atoms with Crippen molar-refractivity contribution in [2.45, 2.75) is 86.0 Å². The third-order valence-electron chi connectivity index (χ3n) is 5.03. The number of furan rings is 1. The van der Waals surface area contributed by atoms with E-state index in [2.05, 4.69) is 32.1 Å². The first-order chi connectivity index (χ1) is 12.7. The van der Waals surface area contributed by atoms with Gasteiger partial charge < -0.3 is 21.8 Å². The fourth-order valence-corrected chi connectivity index (χ4v) is 3.27. The molecule has 0 radical (unpaired) electrons. The van der Waals surface area contributed by atoms with Crippen LogP contribution in [0.15, 0.2) is 16.5 Å². The maximum absolute atomic E-state index is 11.8. The number of quaternary nitrogens is 1. The monoisotopic (exact) mass is 391 g/mol. The second kappa shape index (κ2) is 14.1. The Hall–Kier alpha value is -0.905. The van der Waals surface area contributed by atoms with Crippen LogP contribution in [0.25, 0.3) is 0 Å². The van der Waals surface area contributed by atoms with Crippen LogP contribution >= 0.6 is 0 Å². The summed E-state index contributed by atoms with van der Waals surface area (Å²) in [5.41, 5.74) is -0.877. The third kappa shape index (κ3) is 11.5. The van der Waals surface area contributed by atoms with Crippen molar-refractivity contribution in [2.75, 3.05) is 26.2 Å². The van der Waals surface area contributed by atoms with Crippen molar-refractivity contribution in [1.82, 2.24) is 0 Å². The van der Waals surface area contributed by atoms with Crippen molar-refractivity contribution in [2.24, 2.45) is 0 Å². The van der Waals surface area contributed by atoms with Crippen molar-refractivity contribution in [3.63, 3.8) is 0 Å². The molecule has 0 fully saturated rings. The zero-order valence-corrected chi connectivity index (χ0v) is 18.2. The summed E-state index contributed by atoms with van der Waals surface area (Å²) in [6, 6.07) is 2.24. The topological polar surface area (TPSA) is 13.1 Å². The molecule has 1 aromatic rings. The molecule has 0 saturated carbocycles. The molecule has 0 amide bonds. The molecule has 0 saturated heterocycles. The van der Waals surface area contributed by atoms with E-state index in [1.54, 1.807) is 0 Å². The number of hydrogen-bond donors (Lipinski definition) is 0. The normalized spacial score (nSPS) is 12.0. The standard InChI is InChI=1S/C16H36N.C5H5BF3O/c1-5-9-13-17(14-10-6-2,15-11-7-3)16-12-8-4;1-4-2-3-5(10-4)6(7,8)9/h5-16H2,1-4H3;2-3H,1H3/q+1;-1. The van der Waals surface area contributed by atoms with Crippen LogP contribution in [0.4, 0.5) is 12.9 Å². The lowest BCUT2D eigenvalue weighted by molar-refractivity contribution is -0.929. The van der Waals surface area contributed by atoms with Crippen LogP contribution in [-0.2, 0) is 0 Å². The predicted molar refractivity (Wildman–Crippen MR) is 112 cm³/mol. The highest BCUT2D eigenvalue weighted by Gasteiger charge is 2.29. The first kappa shape index (κ1) is 26.1. The Morgan fingerprint density at radius 1 is 0.741 bits per heavy atom. The van der Waals surface area contributed by atoms with E-state index >= 15 is 0 Å². The Labute approximate surface area is 165 Å². The molecule has 0 spiro atoms. The van der Waals surface area contributed by atoms with Gasteiger partial charge in [-0.25, -0.2) is 0 Å². The van der Waals surface area contributed by atoms with Crippen LogP contribution in [0.2, 0.25) is 0 Å². The molecule has 0 aliphatic carbocycles. The van der Waals surface area contributed by atoms with Gasteiger partial charge in [0.1, 0.15) is 0 Å².